The molecular formula is C18H16F3N5O3. The maximum Gasteiger partial charge on any atom is 0.416 e. The second-order valence-electron chi connectivity index (χ2n) is 6.17. The van der Waals surface area contributed by atoms with Crippen molar-refractivity contribution in [2.75, 3.05) is 5.32 Å². The van der Waals surface area contributed by atoms with E-state index in [0.29, 0.717) is 11.3 Å². The topological polar surface area (TPSA) is 102 Å². The van der Waals surface area contributed by atoms with Gasteiger partial charge in [0.05, 0.1) is 30.5 Å². The Morgan fingerprint density at radius 3 is 2.69 bits per heavy atom. The molecule has 0 aliphatic rings. The first-order chi connectivity index (χ1) is 13.7. The van der Waals surface area contributed by atoms with Crippen LogP contribution in [0.4, 0.5) is 18.9 Å². The van der Waals surface area contributed by atoms with E-state index in [1.165, 1.54) is 40.1 Å². The number of carboxylic acids is 1. The molecule has 0 atom stereocenters. The molecule has 1 aromatic carbocycles. The Morgan fingerprint density at radius 1 is 1.17 bits per heavy atom. The normalized spacial score (nSPS) is 11.4. The van der Waals surface area contributed by atoms with Crippen LogP contribution in [0.3, 0.4) is 0 Å². The van der Waals surface area contributed by atoms with E-state index in [-0.39, 0.29) is 31.1 Å². The van der Waals surface area contributed by atoms with E-state index in [1.807, 2.05) is 0 Å². The predicted molar refractivity (Wildman–Crippen MR) is 95.2 cm³/mol. The fourth-order valence-electron chi connectivity index (χ4n) is 2.67. The smallest absolute Gasteiger partial charge is 0.416 e. The molecule has 2 aromatic heterocycles. The summed E-state index contributed by atoms with van der Waals surface area (Å²) in [6.45, 7) is 0.188. The van der Waals surface area contributed by atoms with Gasteiger partial charge in [0.1, 0.15) is 5.69 Å². The number of nitrogens with zero attached hydrogens (tertiary/aromatic N) is 4. The highest BCUT2D eigenvalue weighted by molar-refractivity contribution is 5.90. The first kappa shape index (κ1) is 20.1. The van der Waals surface area contributed by atoms with Gasteiger partial charge in [-0.1, -0.05) is 12.1 Å². The summed E-state index contributed by atoms with van der Waals surface area (Å²) in [5.41, 5.74) is 0.0309. The van der Waals surface area contributed by atoms with Gasteiger partial charge in [-0.15, -0.1) is 0 Å². The average molecular weight is 407 g/mol. The van der Waals surface area contributed by atoms with Gasteiger partial charge in [-0.3, -0.25) is 14.2 Å². The minimum Gasteiger partial charge on any atom is -0.477 e. The average Bonchev–Trinajstić information content (AvgIpc) is 3.29. The summed E-state index contributed by atoms with van der Waals surface area (Å²) in [5, 5.41) is 19.5. The number of halogens is 3. The molecule has 0 unspecified atom stereocenters. The van der Waals surface area contributed by atoms with Crippen molar-refractivity contribution < 1.29 is 27.9 Å². The third kappa shape index (κ3) is 5.21. The lowest BCUT2D eigenvalue weighted by molar-refractivity contribution is -0.137. The number of anilines is 1. The second kappa shape index (κ2) is 8.17. The number of aromatic carboxylic acids is 1. The van der Waals surface area contributed by atoms with Crippen LogP contribution in [0.2, 0.25) is 0 Å². The Kier molecular flexibility index (Phi) is 5.66. The maximum absolute atomic E-state index is 12.8. The summed E-state index contributed by atoms with van der Waals surface area (Å²) < 4.78 is 41.0. The molecule has 29 heavy (non-hydrogen) atoms. The summed E-state index contributed by atoms with van der Waals surface area (Å²) in [5.74, 6) is -1.52. The highest BCUT2D eigenvalue weighted by Gasteiger charge is 2.30. The van der Waals surface area contributed by atoms with Gasteiger partial charge in [-0.2, -0.15) is 23.4 Å². The van der Waals surface area contributed by atoms with E-state index >= 15 is 0 Å². The van der Waals surface area contributed by atoms with E-state index in [9.17, 15) is 22.8 Å². The lowest BCUT2D eigenvalue weighted by atomic mass is 10.1. The molecule has 152 valence electrons. The van der Waals surface area contributed by atoms with Crippen LogP contribution >= 0.6 is 0 Å². The molecule has 8 nitrogen and oxygen atoms in total. The molecule has 0 aliphatic carbocycles. The van der Waals surface area contributed by atoms with Crippen molar-refractivity contribution in [1.82, 2.24) is 19.6 Å². The van der Waals surface area contributed by atoms with Crippen LogP contribution in [0.15, 0.2) is 48.9 Å². The van der Waals surface area contributed by atoms with Gasteiger partial charge in [-0.25, -0.2) is 4.79 Å². The summed E-state index contributed by atoms with van der Waals surface area (Å²) in [6.07, 6.45) is -0.231. The molecular weight excluding hydrogens is 391 g/mol. The van der Waals surface area contributed by atoms with Gasteiger partial charge in [0, 0.05) is 18.8 Å². The maximum atomic E-state index is 12.8. The number of rotatable bonds is 7. The number of alkyl halides is 3. The van der Waals surface area contributed by atoms with Crippen molar-refractivity contribution in [1.29, 1.82) is 0 Å². The van der Waals surface area contributed by atoms with Gasteiger partial charge in [0.25, 0.3) is 0 Å². The quantitative estimate of drug-likeness (QED) is 0.627. The monoisotopic (exact) mass is 407 g/mol. The van der Waals surface area contributed by atoms with Crippen molar-refractivity contribution in [2.45, 2.75) is 25.7 Å². The van der Waals surface area contributed by atoms with Gasteiger partial charge in [0.2, 0.25) is 5.91 Å². The number of hydrogen-bond donors (Lipinski definition) is 2. The molecule has 3 rings (SSSR count). The first-order valence-corrected chi connectivity index (χ1v) is 8.46. The Bertz CT molecular complexity index is 1030. The number of amides is 1. The van der Waals surface area contributed by atoms with Crippen molar-refractivity contribution in [3.63, 3.8) is 0 Å². The third-order valence-electron chi connectivity index (χ3n) is 4.00. The van der Waals surface area contributed by atoms with E-state index in [2.05, 4.69) is 15.5 Å². The van der Waals surface area contributed by atoms with Crippen LogP contribution in [0.1, 0.15) is 28.0 Å². The van der Waals surface area contributed by atoms with Gasteiger partial charge < -0.3 is 10.4 Å². The van der Waals surface area contributed by atoms with Crippen LogP contribution < -0.4 is 5.32 Å². The largest absolute Gasteiger partial charge is 0.477 e. The molecule has 0 radical (unpaired) electrons. The molecule has 11 heteroatoms. The summed E-state index contributed by atoms with van der Waals surface area (Å²) in [7, 11) is 0. The summed E-state index contributed by atoms with van der Waals surface area (Å²) >= 11 is 0. The van der Waals surface area contributed by atoms with Crippen LogP contribution in [0.5, 0.6) is 0 Å². The van der Waals surface area contributed by atoms with Crippen molar-refractivity contribution >= 4 is 17.6 Å². The molecule has 0 spiro atoms. The van der Waals surface area contributed by atoms with Crippen LogP contribution in [-0.4, -0.2) is 36.5 Å². The lowest BCUT2D eigenvalue weighted by Gasteiger charge is -2.08. The van der Waals surface area contributed by atoms with Crippen molar-refractivity contribution in [2.24, 2.45) is 0 Å². The predicted octanol–water partition coefficient (Wildman–Crippen LogP) is 2.87. The van der Waals surface area contributed by atoms with Crippen LogP contribution in [-0.2, 0) is 24.1 Å². The van der Waals surface area contributed by atoms with Gasteiger partial charge in [0.15, 0.2) is 0 Å². The van der Waals surface area contributed by atoms with Crippen LogP contribution in [0.25, 0.3) is 0 Å². The number of carboxylic acid groups (broad SMARTS) is 1. The zero-order valence-corrected chi connectivity index (χ0v) is 14.9. The minimum absolute atomic E-state index is 0.0131. The number of carbonyl (C=O) groups excluding carboxylic acids is 1. The number of aromatic nitrogens is 4. The number of carbonyl (C=O) groups is 2. The second-order valence-corrected chi connectivity index (χ2v) is 6.17. The Balaban J connectivity index is 1.57. The Hall–Kier alpha value is -3.63. The molecule has 0 bridgehead atoms. The van der Waals surface area contributed by atoms with Gasteiger partial charge >= 0.3 is 12.1 Å². The SMILES string of the molecule is O=C(CCn1nccc1C(=O)O)Nc1cnn(Cc2cccc(C(F)(F)F)c2)c1. The molecule has 1 amide bonds. The number of nitrogens with one attached hydrogen (secondary N) is 1. The first-order valence-electron chi connectivity index (χ1n) is 8.46. The molecule has 3 aromatic rings. The molecule has 2 heterocycles. The zero-order valence-electron chi connectivity index (χ0n) is 14.9. The Labute approximate surface area is 162 Å². The fraction of sp³-hybridized carbons (Fsp3) is 0.222. The highest BCUT2D eigenvalue weighted by Crippen LogP contribution is 2.29. The molecule has 0 aliphatic heterocycles. The molecule has 2 N–H and O–H groups in total. The van der Waals surface area contributed by atoms with E-state index in [1.54, 1.807) is 6.07 Å². The summed E-state index contributed by atoms with van der Waals surface area (Å²) in [4.78, 5) is 23.1. The van der Waals surface area contributed by atoms with Gasteiger partial charge in [-0.05, 0) is 23.8 Å². The Morgan fingerprint density at radius 2 is 1.97 bits per heavy atom. The number of aryl methyl sites for hydroxylation is 1. The lowest BCUT2D eigenvalue weighted by Crippen LogP contribution is -2.17. The highest BCUT2D eigenvalue weighted by atomic mass is 19.4. The standard InChI is InChI=1S/C18H16F3N5O3/c19-18(20,21)13-3-1-2-12(8-13)10-25-11-14(9-23-25)24-16(27)5-7-26-15(17(28)29)4-6-22-26/h1-4,6,8-9,11H,5,7,10H2,(H,24,27)(H,28,29). The molecule has 0 saturated carbocycles. The van der Waals surface area contributed by atoms with E-state index in [4.69, 9.17) is 5.11 Å². The van der Waals surface area contributed by atoms with Crippen LogP contribution in [0, 0.1) is 0 Å². The van der Waals surface area contributed by atoms with E-state index < -0.39 is 17.7 Å². The van der Waals surface area contributed by atoms with Crippen molar-refractivity contribution in [3.05, 3.63) is 65.7 Å². The minimum atomic E-state index is -4.42. The number of hydrogen-bond acceptors (Lipinski definition) is 4. The molecule has 0 fully saturated rings. The number of benzene rings is 1. The third-order valence-corrected chi connectivity index (χ3v) is 4.00. The molecule has 0 saturated heterocycles. The fourth-order valence-corrected chi connectivity index (χ4v) is 2.67. The summed E-state index contributed by atoms with van der Waals surface area (Å²) in [6, 6.07) is 6.25. The van der Waals surface area contributed by atoms with Crippen molar-refractivity contribution in [3.8, 4) is 0 Å². The van der Waals surface area contributed by atoms with E-state index in [0.717, 1.165) is 12.1 Å². The zero-order chi connectivity index (χ0) is 21.0.